The average molecular weight is 521 g/mol. The number of halogens is 1. The van der Waals surface area contributed by atoms with Gasteiger partial charge in [0.1, 0.15) is 0 Å². The average Bonchev–Trinajstić information content (AvgIpc) is 3.40. The molecule has 9 nitrogen and oxygen atoms in total. The molecule has 1 aliphatic heterocycles. The first-order valence-corrected chi connectivity index (χ1v) is 13.3. The van der Waals surface area contributed by atoms with Crippen molar-refractivity contribution in [3.63, 3.8) is 0 Å². The summed E-state index contributed by atoms with van der Waals surface area (Å²) in [5.74, 6) is 0.895. The Hall–Kier alpha value is -3.27. The van der Waals surface area contributed by atoms with Gasteiger partial charge in [0.05, 0.1) is 18.7 Å². The number of hydrogen-bond donors (Lipinski definition) is 1. The molecule has 0 aliphatic carbocycles. The Kier molecular flexibility index (Phi) is 8.13. The van der Waals surface area contributed by atoms with E-state index in [4.69, 9.17) is 16.3 Å². The number of benzene rings is 2. The van der Waals surface area contributed by atoms with Crippen LogP contribution >= 0.6 is 11.6 Å². The summed E-state index contributed by atoms with van der Waals surface area (Å²) in [6.07, 6.45) is 2.70. The third-order valence-corrected chi connectivity index (χ3v) is 7.13. The number of anilines is 2. The first-order chi connectivity index (χ1) is 18.2. The van der Waals surface area contributed by atoms with E-state index < -0.39 is 0 Å². The molecular formula is C27H33ClN8O. The second-order valence-electron chi connectivity index (χ2n) is 9.13. The molecule has 0 spiro atoms. The van der Waals surface area contributed by atoms with Crippen molar-refractivity contribution in [2.75, 3.05) is 56.3 Å². The van der Waals surface area contributed by atoms with Crippen molar-refractivity contribution in [3.8, 4) is 0 Å². The van der Waals surface area contributed by atoms with Crippen LogP contribution in [0, 0.1) is 0 Å². The van der Waals surface area contributed by atoms with E-state index in [1.54, 1.807) is 6.20 Å². The second kappa shape index (κ2) is 11.9. The molecule has 10 heteroatoms. The standard InChI is InChI=1S/C27H33ClN8O/c1-3-35(4-2)36-27(31-32-33-36)23(11-13-34-14-16-37-17-15-34)20-6-5-7-22(18-20)30-25-10-12-29-26-19-21(28)8-9-24(25)26/h5-10,12,18-19,23H,3-4,11,13-17H2,1-2H3,(H,29,30). The molecule has 1 N–H and O–H groups in total. The summed E-state index contributed by atoms with van der Waals surface area (Å²) in [6, 6.07) is 16.3. The molecule has 3 heterocycles. The zero-order valence-corrected chi connectivity index (χ0v) is 22.1. The Balaban J connectivity index is 1.46. The van der Waals surface area contributed by atoms with Gasteiger partial charge in [-0.25, -0.2) is 0 Å². The van der Waals surface area contributed by atoms with Crippen LogP contribution in [0.25, 0.3) is 10.9 Å². The number of morpholine rings is 1. The number of fused-ring (bicyclic) bond motifs is 1. The quantitative estimate of drug-likeness (QED) is 0.328. The number of hydrogen-bond acceptors (Lipinski definition) is 8. The minimum atomic E-state index is 0.0354. The van der Waals surface area contributed by atoms with Gasteiger partial charge in [-0.1, -0.05) is 23.7 Å². The molecule has 2 aromatic carbocycles. The molecule has 194 valence electrons. The molecule has 1 atom stereocenters. The summed E-state index contributed by atoms with van der Waals surface area (Å²) >= 11 is 6.19. The van der Waals surface area contributed by atoms with Crippen LogP contribution in [0.1, 0.15) is 37.6 Å². The lowest BCUT2D eigenvalue weighted by atomic mass is 9.94. The summed E-state index contributed by atoms with van der Waals surface area (Å²) in [6.45, 7) is 10.3. The van der Waals surface area contributed by atoms with E-state index in [9.17, 15) is 0 Å². The normalized spacial score (nSPS) is 15.1. The van der Waals surface area contributed by atoms with Gasteiger partial charge in [-0.2, -0.15) is 0 Å². The van der Waals surface area contributed by atoms with Crippen LogP contribution in [-0.4, -0.2) is 76.1 Å². The van der Waals surface area contributed by atoms with E-state index in [1.807, 2.05) is 29.1 Å². The fourth-order valence-corrected chi connectivity index (χ4v) is 5.06. The molecule has 1 aliphatic rings. The number of tetrazole rings is 1. The maximum Gasteiger partial charge on any atom is 0.182 e. The smallest absolute Gasteiger partial charge is 0.182 e. The number of ether oxygens (including phenoxy) is 1. The van der Waals surface area contributed by atoms with Crippen molar-refractivity contribution in [3.05, 3.63) is 71.1 Å². The number of rotatable bonds is 10. The summed E-state index contributed by atoms with van der Waals surface area (Å²) < 4.78 is 5.55. The molecule has 1 unspecified atom stereocenters. The van der Waals surface area contributed by atoms with Gasteiger partial charge >= 0.3 is 0 Å². The topological polar surface area (TPSA) is 84.2 Å². The molecule has 1 fully saturated rings. The molecule has 5 rings (SSSR count). The van der Waals surface area contributed by atoms with E-state index in [-0.39, 0.29) is 5.92 Å². The summed E-state index contributed by atoms with van der Waals surface area (Å²) in [5.41, 5.74) is 4.01. The Morgan fingerprint density at radius 3 is 2.73 bits per heavy atom. The molecule has 37 heavy (non-hydrogen) atoms. The van der Waals surface area contributed by atoms with E-state index in [2.05, 4.69) is 73.8 Å². The number of nitrogens with one attached hydrogen (secondary N) is 1. The minimum absolute atomic E-state index is 0.0354. The van der Waals surface area contributed by atoms with Gasteiger partial charge in [0.2, 0.25) is 0 Å². The lowest BCUT2D eigenvalue weighted by Crippen LogP contribution is -2.39. The van der Waals surface area contributed by atoms with Crippen LogP contribution in [0.15, 0.2) is 54.7 Å². The zero-order chi connectivity index (χ0) is 25.6. The van der Waals surface area contributed by atoms with E-state index in [0.29, 0.717) is 5.02 Å². The molecular weight excluding hydrogens is 488 g/mol. The van der Waals surface area contributed by atoms with Crippen molar-refractivity contribution in [2.45, 2.75) is 26.2 Å². The molecule has 4 aromatic rings. The number of nitrogens with zero attached hydrogens (tertiary/aromatic N) is 7. The number of pyridine rings is 1. The molecule has 0 saturated carbocycles. The largest absolute Gasteiger partial charge is 0.379 e. The van der Waals surface area contributed by atoms with Crippen molar-refractivity contribution in [1.82, 2.24) is 30.2 Å². The first-order valence-electron chi connectivity index (χ1n) is 12.9. The fraction of sp³-hybridized carbons (Fsp3) is 0.407. The van der Waals surface area contributed by atoms with Gasteiger partial charge in [0.15, 0.2) is 5.82 Å². The minimum Gasteiger partial charge on any atom is -0.379 e. The van der Waals surface area contributed by atoms with Crippen LogP contribution < -0.4 is 10.3 Å². The number of aromatic nitrogens is 5. The molecule has 2 aromatic heterocycles. The predicted octanol–water partition coefficient (Wildman–Crippen LogP) is 4.45. The van der Waals surface area contributed by atoms with Crippen molar-refractivity contribution in [2.24, 2.45) is 0 Å². The van der Waals surface area contributed by atoms with Crippen molar-refractivity contribution < 1.29 is 4.74 Å². The molecule has 0 bridgehead atoms. The molecule has 0 radical (unpaired) electrons. The third kappa shape index (κ3) is 5.84. The lowest BCUT2D eigenvalue weighted by Gasteiger charge is -2.29. The first kappa shape index (κ1) is 25.4. The van der Waals surface area contributed by atoms with Gasteiger partial charge in [0.25, 0.3) is 0 Å². The summed E-state index contributed by atoms with van der Waals surface area (Å²) in [5, 5.41) is 20.4. The Bertz CT molecular complexity index is 1320. The van der Waals surface area contributed by atoms with Crippen molar-refractivity contribution in [1.29, 1.82) is 0 Å². The highest BCUT2D eigenvalue weighted by Gasteiger charge is 2.25. The highest BCUT2D eigenvalue weighted by atomic mass is 35.5. The van der Waals surface area contributed by atoms with Crippen LogP contribution in [0.2, 0.25) is 5.02 Å². The van der Waals surface area contributed by atoms with Gasteiger partial charge < -0.3 is 10.1 Å². The van der Waals surface area contributed by atoms with E-state index >= 15 is 0 Å². The maximum atomic E-state index is 6.19. The predicted molar refractivity (Wildman–Crippen MR) is 147 cm³/mol. The second-order valence-corrected chi connectivity index (χ2v) is 9.57. The van der Waals surface area contributed by atoms with Crippen molar-refractivity contribution >= 4 is 33.9 Å². The summed E-state index contributed by atoms with van der Waals surface area (Å²) in [7, 11) is 0. The van der Waals surface area contributed by atoms with E-state index in [1.165, 1.54) is 5.56 Å². The monoisotopic (exact) mass is 520 g/mol. The summed E-state index contributed by atoms with van der Waals surface area (Å²) in [4.78, 5) is 8.80. The Morgan fingerprint density at radius 1 is 1.08 bits per heavy atom. The van der Waals surface area contributed by atoms with Crippen LogP contribution in [0.4, 0.5) is 11.4 Å². The fourth-order valence-electron chi connectivity index (χ4n) is 4.89. The zero-order valence-electron chi connectivity index (χ0n) is 21.3. The van der Waals surface area contributed by atoms with E-state index in [0.717, 1.165) is 80.5 Å². The molecule has 1 saturated heterocycles. The third-order valence-electron chi connectivity index (χ3n) is 6.90. The van der Waals surface area contributed by atoms with Gasteiger partial charge in [0, 0.05) is 60.1 Å². The SMILES string of the molecule is CCN(CC)n1nnnc1C(CCN1CCOCC1)c1cccc(Nc2ccnc3cc(Cl)ccc23)c1. The van der Waals surface area contributed by atoms with Gasteiger partial charge in [-0.15, -0.1) is 9.89 Å². The van der Waals surface area contributed by atoms with Gasteiger partial charge in [-0.3, -0.25) is 14.9 Å². The maximum absolute atomic E-state index is 6.19. The highest BCUT2D eigenvalue weighted by molar-refractivity contribution is 6.31. The molecule has 0 amide bonds. The van der Waals surface area contributed by atoms with Crippen LogP contribution in [0.5, 0.6) is 0 Å². The Morgan fingerprint density at radius 2 is 1.92 bits per heavy atom. The highest BCUT2D eigenvalue weighted by Crippen LogP contribution is 2.31. The lowest BCUT2D eigenvalue weighted by molar-refractivity contribution is 0.0368. The van der Waals surface area contributed by atoms with Crippen LogP contribution in [-0.2, 0) is 4.74 Å². The van der Waals surface area contributed by atoms with Gasteiger partial charge in [-0.05, 0) is 79.2 Å². The Labute approximate surface area is 222 Å². The van der Waals surface area contributed by atoms with Crippen LogP contribution in [0.3, 0.4) is 0 Å².